The number of hydrogen-bond acceptors (Lipinski definition) is 3. The van der Waals surface area contributed by atoms with Crippen molar-refractivity contribution in [1.29, 1.82) is 0 Å². The number of hydrogen-bond donors (Lipinski definition) is 0. The Kier molecular flexibility index (Phi) is 5.47. The van der Waals surface area contributed by atoms with Gasteiger partial charge in [-0.05, 0) is 36.2 Å². The molecule has 3 heteroatoms. The van der Waals surface area contributed by atoms with Crippen molar-refractivity contribution in [3.63, 3.8) is 0 Å². The first-order chi connectivity index (χ1) is 12.3. The Morgan fingerprint density at radius 2 is 1.60 bits per heavy atom. The number of para-hydroxylation sites is 1. The summed E-state index contributed by atoms with van der Waals surface area (Å²) in [6, 6.07) is 23.4. The summed E-state index contributed by atoms with van der Waals surface area (Å²) in [6.07, 6.45) is 0.873. The van der Waals surface area contributed by atoms with Crippen LogP contribution in [0.25, 0.3) is 11.1 Å². The third-order valence-corrected chi connectivity index (χ3v) is 3.89. The van der Waals surface area contributed by atoms with Gasteiger partial charge in [-0.2, -0.15) is 0 Å². The first-order valence-corrected chi connectivity index (χ1v) is 8.30. The fraction of sp³-hybridized carbons (Fsp3) is 0.136. The molecule has 3 aromatic rings. The van der Waals surface area contributed by atoms with Crippen LogP contribution in [-0.2, 0) is 6.61 Å². The molecule has 2 heterocycles. The molecule has 0 fully saturated rings. The normalized spacial score (nSPS) is 11.1. The first-order valence-electron chi connectivity index (χ1n) is 8.30. The molecule has 25 heavy (non-hydrogen) atoms. The predicted molar refractivity (Wildman–Crippen MR) is 99.2 cm³/mol. The van der Waals surface area contributed by atoms with Crippen molar-refractivity contribution in [3.05, 3.63) is 83.9 Å². The largest absolute Gasteiger partial charge is 0.493 e. The van der Waals surface area contributed by atoms with E-state index in [0.717, 1.165) is 35.5 Å². The van der Waals surface area contributed by atoms with Crippen molar-refractivity contribution >= 4 is 6.29 Å². The van der Waals surface area contributed by atoms with Crippen LogP contribution in [0.1, 0.15) is 22.8 Å². The molecule has 3 aromatic carbocycles. The molecule has 0 unspecified atom stereocenters. The van der Waals surface area contributed by atoms with Gasteiger partial charge in [-0.3, -0.25) is 4.79 Å². The van der Waals surface area contributed by atoms with Gasteiger partial charge in [0.1, 0.15) is 18.1 Å². The third-order valence-electron chi connectivity index (χ3n) is 3.89. The second-order valence-corrected chi connectivity index (χ2v) is 5.57. The summed E-state index contributed by atoms with van der Waals surface area (Å²) in [4.78, 5) is 11.0. The summed E-state index contributed by atoms with van der Waals surface area (Å²) in [7, 11) is 0. The van der Waals surface area contributed by atoms with Crippen LogP contribution in [0, 0.1) is 0 Å². The first kappa shape index (κ1) is 16.8. The quantitative estimate of drug-likeness (QED) is 0.620. The molecule has 0 amide bonds. The minimum Gasteiger partial charge on any atom is -0.493 e. The van der Waals surface area contributed by atoms with Crippen LogP contribution in [0.15, 0.2) is 72.8 Å². The van der Waals surface area contributed by atoms with Crippen molar-refractivity contribution in [1.82, 2.24) is 0 Å². The van der Waals surface area contributed by atoms with Gasteiger partial charge in [0.2, 0.25) is 0 Å². The van der Waals surface area contributed by atoms with Crippen molar-refractivity contribution in [2.45, 2.75) is 13.5 Å². The molecule has 0 aromatic heterocycles. The fourth-order valence-corrected chi connectivity index (χ4v) is 2.66. The molecule has 0 aliphatic carbocycles. The average Bonchev–Trinajstić information content (AvgIpc) is 2.71. The number of ether oxygens (including phenoxy) is 2. The average molecular weight is 332 g/mol. The van der Waals surface area contributed by atoms with Gasteiger partial charge in [-0.15, -0.1) is 0 Å². The Balaban J connectivity index is 0.000000188. The molecule has 0 saturated carbocycles. The molecule has 2 bridgehead atoms. The Morgan fingerprint density at radius 1 is 0.920 bits per heavy atom. The Hall–Kier alpha value is -3.07. The SMILES string of the molecule is CCOc1ccccc1-c1ccccc1C=O.c1cc2ccc1CO2. The van der Waals surface area contributed by atoms with Gasteiger partial charge in [0, 0.05) is 11.1 Å². The number of aldehydes is 1. The lowest BCUT2D eigenvalue weighted by Crippen LogP contribution is -2.00. The third kappa shape index (κ3) is 4.07. The predicted octanol–water partition coefficient (Wildman–Crippen LogP) is 5.14. The number of rotatable bonds is 4. The van der Waals surface area contributed by atoms with Crippen molar-refractivity contribution in [2.75, 3.05) is 6.61 Å². The van der Waals surface area contributed by atoms with Crippen LogP contribution in [-0.4, -0.2) is 12.9 Å². The monoisotopic (exact) mass is 332 g/mol. The summed E-state index contributed by atoms with van der Waals surface area (Å²) in [6.45, 7) is 3.32. The molecule has 0 spiro atoms. The zero-order valence-electron chi connectivity index (χ0n) is 14.1. The number of carbonyl (C=O) groups excluding carboxylic acids is 1. The summed E-state index contributed by atoms with van der Waals surface area (Å²) >= 11 is 0. The minimum atomic E-state index is 0.611. The maximum atomic E-state index is 11.0. The Bertz CT molecular complexity index is 815. The van der Waals surface area contributed by atoms with E-state index in [1.165, 1.54) is 5.56 Å². The maximum absolute atomic E-state index is 11.0. The van der Waals surface area contributed by atoms with E-state index in [-0.39, 0.29) is 0 Å². The van der Waals surface area contributed by atoms with Gasteiger partial charge < -0.3 is 9.47 Å². The van der Waals surface area contributed by atoms with E-state index >= 15 is 0 Å². The van der Waals surface area contributed by atoms with E-state index in [9.17, 15) is 4.79 Å². The minimum absolute atomic E-state index is 0.611. The number of benzene rings is 3. The smallest absolute Gasteiger partial charge is 0.150 e. The van der Waals surface area contributed by atoms with Gasteiger partial charge in [-0.1, -0.05) is 54.6 Å². The highest BCUT2D eigenvalue weighted by molar-refractivity contribution is 5.89. The summed E-state index contributed by atoms with van der Waals surface area (Å²) < 4.78 is 10.8. The maximum Gasteiger partial charge on any atom is 0.150 e. The van der Waals surface area contributed by atoms with E-state index in [4.69, 9.17) is 9.47 Å². The summed E-state index contributed by atoms with van der Waals surface area (Å²) in [5.41, 5.74) is 3.81. The molecule has 3 nitrogen and oxygen atoms in total. The van der Waals surface area contributed by atoms with Crippen LogP contribution in [0.5, 0.6) is 11.5 Å². The van der Waals surface area contributed by atoms with Gasteiger partial charge >= 0.3 is 0 Å². The zero-order valence-corrected chi connectivity index (χ0v) is 14.1. The van der Waals surface area contributed by atoms with Gasteiger partial charge in [0.25, 0.3) is 0 Å². The lowest BCUT2D eigenvalue weighted by Gasteiger charge is -2.11. The Labute approximate surface area is 147 Å². The molecular weight excluding hydrogens is 312 g/mol. The molecule has 0 saturated heterocycles. The highest BCUT2D eigenvalue weighted by atomic mass is 16.5. The lowest BCUT2D eigenvalue weighted by atomic mass is 10.00. The molecular formula is C22H20O3. The van der Waals surface area contributed by atoms with E-state index in [0.29, 0.717) is 12.2 Å². The molecule has 2 aliphatic rings. The standard InChI is InChI=1S/C15H14O2.C7H6O/c1-2-17-15-10-6-5-9-14(15)13-8-4-3-7-12(13)11-16;1-3-7-4-2-6(1)5-8-7/h3-11H,2H2,1H3;1-4H,5H2. The highest BCUT2D eigenvalue weighted by Crippen LogP contribution is 2.31. The van der Waals surface area contributed by atoms with Crippen molar-refractivity contribution in [2.24, 2.45) is 0 Å². The van der Waals surface area contributed by atoms with Crippen LogP contribution < -0.4 is 9.47 Å². The van der Waals surface area contributed by atoms with Crippen LogP contribution in [0.2, 0.25) is 0 Å². The molecule has 126 valence electrons. The topological polar surface area (TPSA) is 35.5 Å². The van der Waals surface area contributed by atoms with Crippen molar-refractivity contribution < 1.29 is 14.3 Å². The van der Waals surface area contributed by atoms with Crippen LogP contribution in [0.4, 0.5) is 0 Å². The summed E-state index contributed by atoms with van der Waals surface area (Å²) in [5.74, 6) is 1.80. The van der Waals surface area contributed by atoms with E-state index in [1.807, 2.05) is 67.6 Å². The van der Waals surface area contributed by atoms with Gasteiger partial charge in [0.15, 0.2) is 6.29 Å². The molecule has 2 aliphatic heterocycles. The summed E-state index contributed by atoms with van der Waals surface area (Å²) in [5, 5.41) is 0. The van der Waals surface area contributed by atoms with E-state index in [2.05, 4.69) is 12.1 Å². The zero-order chi connectivity index (χ0) is 17.5. The molecule has 0 atom stereocenters. The lowest BCUT2D eigenvalue weighted by molar-refractivity contribution is 0.112. The van der Waals surface area contributed by atoms with Crippen LogP contribution in [0.3, 0.4) is 0 Å². The van der Waals surface area contributed by atoms with Crippen molar-refractivity contribution in [3.8, 4) is 22.6 Å². The molecule has 0 radical (unpaired) electrons. The fourth-order valence-electron chi connectivity index (χ4n) is 2.66. The second kappa shape index (κ2) is 8.15. The Morgan fingerprint density at radius 3 is 2.12 bits per heavy atom. The second-order valence-electron chi connectivity index (χ2n) is 5.57. The number of carbonyl (C=O) groups is 1. The van der Waals surface area contributed by atoms with Gasteiger partial charge in [-0.25, -0.2) is 0 Å². The highest BCUT2D eigenvalue weighted by Gasteiger charge is 2.08. The molecule has 0 N–H and O–H groups in total. The van der Waals surface area contributed by atoms with E-state index < -0.39 is 0 Å². The number of fused-ring (bicyclic) bond motifs is 3. The van der Waals surface area contributed by atoms with E-state index in [1.54, 1.807) is 0 Å². The van der Waals surface area contributed by atoms with Gasteiger partial charge in [0.05, 0.1) is 6.61 Å². The molecule has 5 rings (SSSR count). The van der Waals surface area contributed by atoms with Crippen LogP contribution >= 0.6 is 0 Å².